The van der Waals surface area contributed by atoms with E-state index in [0.717, 1.165) is 13.0 Å². The molecule has 1 fully saturated rings. The van der Waals surface area contributed by atoms with Crippen molar-refractivity contribution in [3.05, 3.63) is 18.1 Å². The van der Waals surface area contributed by atoms with Gasteiger partial charge in [0, 0.05) is 19.0 Å². The predicted molar refractivity (Wildman–Crippen MR) is 54.2 cm³/mol. The van der Waals surface area contributed by atoms with Gasteiger partial charge in [-0.25, -0.2) is 9.97 Å². The van der Waals surface area contributed by atoms with Crippen LogP contribution in [0.3, 0.4) is 0 Å². The number of nitriles is 1. The van der Waals surface area contributed by atoms with E-state index in [4.69, 9.17) is 10.00 Å². The van der Waals surface area contributed by atoms with E-state index in [-0.39, 0.29) is 5.54 Å². The molecule has 5 heteroatoms. The molecule has 0 spiro atoms. The lowest BCUT2D eigenvalue weighted by Gasteiger charge is -2.24. The predicted octanol–water partition coefficient (Wildman–Crippen LogP) is 0.939. The van der Waals surface area contributed by atoms with Crippen LogP contribution in [0.25, 0.3) is 0 Å². The average molecular weight is 204 g/mol. The molecule has 0 radical (unpaired) electrons. The van der Waals surface area contributed by atoms with Crippen LogP contribution in [0.2, 0.25) is 0 Å². The number of aromatic nitrogens is 2. The molecule has 1 aliphatic rings. The highest BCUT2D eigenvalue weighted by molar-refractivity contribution is 5.48. The Balaban J connectivity index is 2.20. The van der Waals surface area contributed by atoms with Gasteiger partial charge in [-0.2, -0.15) is 5.26 Å². The first-order chi connectivity index (χ1) is 7.23. The van der Waals surface area contributed by atoms with Crippen molar-refractivity contribution >= 4 is 5.82 Å². The van der Waals surface area contributed by atoms with Crippen LogP contribution in [0, 0.1) is 11.3 Å². The number of hydrogen-bond donors (Lipinski definition) is 1. The lowest BCUT2D eigenvalue weighted by Crippen LogP contribution is -2.35. The first-order valence-electron chi connectivity index (χ1n) is 4.81. The zero-order chi connectivity index (χ0) is 10.7. The van der Waals surface area contributed by atoms with Crippen molar-refractivity contribution in [3.63, 3.8) is 0 Å². The van der Waals surface area contributed by atoms with Gasteiger partial charge in [-0.15, -0.1) is 0 Å². The quantitative estimate of drug-likeness (QED) is 0.776. The maximum absolute atomic E-state index is 8.85. The molecule has 78 valence electrons. The van der Waals surface area contributed by atoms with Crippen LogP contribution in [0.4, 0.5) is 5.82 Å². The second-order valence-electron chi connectivity index (χ2n) is 3.85. The summed E-state index contributed by atoms with van der Waals surface area (Å²) in [6, 6.07) is 2.01. The Bertz CT molecular complexity index is 393. The summed E-state index contributed by atoms with van der Waals surface area (Å²) in [6.45, 7) is 3.43. The maximum Gasteiger partial charge on any atom is 0.182 e. The number of anilines is 1. The Hall–Kier alpha value is -1.67. The molecule has 0 aromatic carbocycles. The second kappa shape index (κ2) is 3.83. The van der Waals surface area contributed by atoms with Crippen molar-refractivity contribution in [2.75, 3.05) is 18.5 Å². The van der Waals surface area contributed by atoms with Crippen molar-refractivity contribution in [2.24, 2.45) is 0 Å². The van der Waals surface area contributed by atoms with Crippen molar-refractivity contribution < 1.29 is 4.74 Å². The Morgan fingerprint density at radius 1 is 1.53 bits per heavy atom. The van der Waals surface area contributed by atoms with E-state index in [2.05, 4.69) is 22.2 Å². The molecule has 0 aliphatic carbocycles. The smallest absolute Gasteiger partial charge is 0.182 e. The van der Waals surface area contributed by atoms with Gasteiger partial charge in [-0.05, 0) is 13.3 Å². The SMILES string of the molecule is CC1(Nc2nccnc2C#N)CCOC1. The first kappa shape index (κ1) is 9.87. The Labute approximate surface area is 88.1 Å². The molecule has 2 rings (SSSR count). The summed E-state index contributed by atoms with van der Waals surface area (Å²) in [4.78, 5) is 8.05. The highest BCUT2D eigenvalue weighted by Crippen LogP contribution is 2.23. The summed E-state index contributed by atoms with van der Waals surface area (Å²) >= 11 is 0. The lowest BCUT2D eigenvalue weighted by atomic mass is 10.0. The van der Waals surface area contributed by atoms with E-state index in [9.17, 15) is 0 Å². The molecule has 15 heavy (non-hydrogen) atoms. The fraction of sp³-hybridized carbons (Fsp3) is 0.500. The van der Waals surface area contributed by atoms with Crippen LogP contribution >= 0.6 is 0 Å². The van der Waals surface area contributed by atoms with Crippen LogP contribution in [-0.4, -0.2) is 28.7 Å². The van der Waals surface area contributed by atoms with Crippen molar-refractivity contribution in [3.8, 4) is 6.07 Å². The largest absolute Gasteiger partial charge is 0.379 e. The molecule has 1 aliphatic heterocycles. The summed E-state index contributed by atoms with van der Waals surface area (Å²) in [5, 5.41) is 12.1. The highest BCUT2D eigenvalue weighted by atomic mass is 16.5. The molecular formula is C10H12N4O. The van der Waals surface area contributed by atoms with Crippen LogP contribution in [-0.2, 0) is 4.74 Å². The molecule has 1 aromatic heterocycles. The van der Waals surface area contributed by atoms with E-state index >= 15 is 0 Å². The van der Waals surface area contributed by atoms with Crippen molar-refractivity contribution in [2.45, 2.75) is 18.9 Å². The van der Waals surface area contributed by atoms with Crippen molar-refractivity contribution in [1.29, 1.82) is 5.26 Å². The molecular weight excluding hydrogens is 192 g/mol. The molecule has 1 N–H and O–H groups in total. The summed E-state index contributed by atoms with van der Waals surface area (Å²) in [5.41, 5.74) is 0.187. The van der Waals surface area contributed by atoms with Gasteiger partial charge in [0.05, 0.1) is 12.1 Å². The third-order valence-corrected chi connectivity index (χ3v) is 2.44. The van der Waals surface area contributed by atoms with Gasteiger partial charge in [0.1, 0.15) is 6.07 Å². The second-order valence-corrected chi connectivity index (χ2v) is 3.85. The number of nitrogens with zero attached hydrogens (tertiary/aromatic N) is 3. The molecule has 1 unspecified atom stereocenters. The summed E-state index contributed by atoms with van der Waals surface area (Å²) in [5.74, 6) is 0.535. The Morgan fingerprint density at radius 3 is 3.00 bits per heavy atom. The van der Waals surface area contributed by atoms with Crippen molar-refractivity contribution in [1.82, 2.24) is 9.97 Å². The normalized spacial score (nSPS) is 24.8. The van der Waals surface area contributed by atoms with Crippen LogP contribution in [0.15, 0.2) is 12.4 Å². The van der Waals surface area contributed by atoms with Crippen LogP contribution in [0.5, 0.6) is 0 Å². The highest BCUT2D eigenvalue weighted by Gasteiger charge is 2.30. The van der Waals surface area contributed by atoms with Gasteiger partial charge in [0.15, 0.2) is 11.5 Å². The third-order valence-electron chi connectivity index (χ3n) is 2.44. The topological polar surface area (TPSA) is 70.8 Å². The van der Waals surface area contributed by atoms with E-state index in [0.29, 0.717) is 18.1 Å². The fourth-order valence-corrected chi connectivity index (χ4v) is 1.56. The molecule has 5 nitrogen and oxygen atoms in total. The number of rotatable bonds is 2. The van der Waals surface area contributed by atoms with Gasteiger partial charge in [0.2, 0.25) is 0 Å². The number of hydrogen-bond acceptors (Lipinski definition) is 5. The summed E-state index contributed by atoms with van der Waals surface area (Å²) in [6.07, 6.45) is 3.99. The summed E-state index contributed by atoms with van der Waals surface area (Å²) in [7, 11) is 0. The minimum absolute atomic E-state index is 0.137. The number of ether oxygens (including phenoxy) is 1. The van der Waals surface area contributed by atoms with Gasteiger partial charge >= 0.3 is 0 Å². The maximum atomic E-state index is 8.85. The third kappa shape index (κ3) is 2.05. The molecule has 0 bridgehead atoms. The van der Waals surface area contributed by atoms with Gasteiger partial charge in [-0.1, -0.05) is 0 Å². The average Bonchev–Trinajstić information content (AvgIpc) is 2.66. The Kier molecular flexibility index (Phi) is 2.52. The van der Waals surface area contributed by atoms with E-state index in [1.807, 2.05) is 6.07 Å². The molecule has 0 saturated carbocycles. The molecule has 0 amide bonds. The Morgan fingerprint density at radius 2 is 2.33 bits per heavy atom. The monoisotopic (exact) mass is 204 g/mol. The van der Waals surface area contributed by atoms with Gasteiger partial charge in [0.25, 0.3) is 0 Å². The van der Waals surface area contributed by atoms with E-state index in [1.165, 1.54) is 6.20 Å². The van der Waals surface area contributed by atoms with Crippen LogP contribution < -0.4 is 5.32 Å². The van der Waals surface area contributed by atoms with Crippen LogP contribution in [0.1, 0.15) is 19.0 Å². The zero-order valence-corrected chi connectivity index (χ0v) is 8.53. The van der Waals surface area contributed by atoms with Gasteiger partial charge in [-0.3, -0.25) is 0 Å². The minimum atomic E-state index is -0.137. The zero-order valence-electron chi connectivity index (χ0n) is 8.53. The fourth-order valence-electron chi connectivity index (χ4n) is 1.56. The van der Waals surface area contributed by atoms with Gasteiger partial charge < -0.3 is 10.1 Å². The standard InChI is InChI=1S/C10H12N4O/c1-10(2-5-15-7-10)14-9-8(6-11)12-3-4-13-9/h3-4H,2,5,7H2,1H3,(H,13,14). The van der Waals surface area contributed by atoms with E-state index in [1.54, 1.807) is 6.20 Å². The number of nitrogens with one attached hydrogen (secondary N) is 1. The summed E-state index contributed by atoms with van der Waals surface area (Å²) < 4.78 is 5.31. The van der Waals surface area contributed by atoms with E-state index < -0.39 is 0 Å². The lowest BCUT2D eigenvalue weighted by molar-refractivity contribution is 0.185. The first-order valence-corrected chi connectivity index (χ1v) is 4.81. The molecule has 2 heterocycles. The molecule has 1 aromatic rings. The minimum Gasteiger partial charge on any atom is -0.379 e. The molecule has 1 atom stereocenters. The molecule has 1 saturated heterocycles.